The number of benzene rings is 2. The molecule has 1 aliphatic heterocycles. The lowest BCUT2D eigenvalue weighted by Crippen LogP contribution is -2.25. The van der Waals surface area contributed by atoms with E-state index in [0.29, 0.717) is 22.3 Å². The largest absolute Gasteiger partial charge is 0.497 e. The molecule has 0 aliphatic carbocycles. The summed E-state index contributed by atoms with van der Waals surface area (Å²) in [7, 11) is 1.57. The van der Waals surface area contributed by atoms with Gasteiger partial charge in [-0.3, -0.25) is 0 Å². The van der Waals surface area contributed by atoms with Gasteiger partial charge in [0.2, 0.25) is 11.6 Å². The van der Waals surface area contributed by atoms with Crippen LogP contribution in [0.15, 0.2) is 69.2 Å². The maximum Gasteiger partial charge on any atom is 0.380 e. The highest BCUT2D eigenvalue weighted by Crippen LogP contribution is 2.44. The summed E-state index contributed by atoms with van der Waals surface area (Å²) in [6.07, 6.45) is 0. The van der Waals surface area contributed by atoms with Gasteiger partial charge in [0.15, 0.2) is 0 Å². The second-order valence-corrected chi connectivity index (χ2v) is 5.83. The molecule has 0 saturated heterocycles. The fourth-order valence-corrected chi connectivity index (χ4v) is 3.27. The van der Waals surface area contributed by atoms with Gasteiger partial charge in [-0.1, -0.05) is 30.3 Å². The molecule has 4 rings (SSSR count). The summed E-state index contributed by atoms with van der Waals surface area (Å²) < 4.78 is 16.1. The first-order valence-corrected chi connectivity index (χ1v) is 7.91. The Labute approximate surface area is 148 Å². The number of hydrogen-bond acceptors (Lipinski definition) is 6. The normalized spacial score (nSPS) is 15.9. The molecule has 2 N–H and O–H groups in total. The van der Waals surface area contributed by atoms with Crippen LogP contribution in [0.5, 0.6) is 11.5 Å². The molecule has 1 atom stereocenters. The first-order valence-electron chi connectivity index (χ1n) is 7.91. The molecule has 0 unspecified atom stereocenters. The van der Waals surface area contributed by atoms with Crippen molar-refractivity contribution < 1.29 is 13.9 Å². The van der Waals surface area contributed by atoms with Gasteiger partial charge in [0.25, 0.3) is 0 Å². The maximum atomic E-state index is 12.4. The van der Waals surface area contributed by atoms with Crippen molar-refractivity contribution in [2.24, 2.45) is 5.73 Å². The molecule has 0 bridgehead atoms. The Morgan fingerprint density at radius 2 is 2.00 bits per heavy atom. The molecule has 0 spiro atoms. The summed E-state index contributed by atoms with van der Waals surface area (Å²) in [6, 6.07) is 16.6. The molecule has 0 saturated carbocycles. The third kappa shape index (κ3) is 2.30. The van der Waals surface area contributed by atoms with Crippen molar-refractivity contribution in [3.8, 4) is 17.6 Å². The number of fused-ring (bicyclic) bond motifs is 3. The Balaban J connectivity index is 2.10. The van der Waals surface area contributed by atoms with Crippen molar-refractivity contribution in [3.63, 3.8) is 0 Å². The number of nitriles is 1. The Kier molecular flexibility index (Phi) is 3.63. The summed E-state index contributed by atoms with van der Waals surface area (Å²) >= 11 is 0. The zero-order valence-electron chi connectivity index (χ0n) is 13.9. The number of methoxy groups -OCH3 is 1. The van der Waals surface area contributed by atoms with E-state index < -0.39 is 11.5 Å². The van der Waals surface area contributed by atoms with Gasteiger partial charge in [-0.25, -0.2) is 4.79 Å². The van der Waals surface area contributed by atoms with Crippen LogP contribution in [0.3, 0.4) is 0 Å². The first kappa shape index (κ1) is 15.8. The van der Waals surface area contributed by atoms with Crippen LogP contribution >= 0.6 is 0 Å². The number of nitrogens with two attached hydrogens (primary N) is 1. The van der Waals surface area contributed by atoms with E-state index in [1.54, 1.807) is 25.3 Å². The second-order valence-electron chi connectivity index (χ2n) is 5.83. The highest BCUT2D eigenvalue weighted by molar-refractivity contribution is 5.85. The van der Waals surface area contributed by atoms with Crippen LogP contribution in [0, 0.1) is 11.3 Å². The van der Waals surface area contributed by atoms with Gasteiger partial charge in [0, 0.05) is 10.9 Å². The summed E-state index contributed by atoms with van der Waals surface area (Å²) in [6.45, 7) is 0. The molecule has 3 aromatic rings. The zero-order valence-corrected chi connectivity index (χ0v) is 13.9. The Morgan fingerprint density at radius 3 is 2.77 bits per heavy atom. The predicted octanol–water partition coefficient (Wildman–Crippen LogP) is 3.02. The molecule has 6 heteroatoms. The van der Waals surface area contributed by atoms with E-state index in [0.717, 1.165) is 5.56 Å². The molecule has 0 amide bonds. The molecule has 2 heterocycles. The number of allylic oxidation sites excluding steroid dienone is 1. The van der Waals surface area contributed by atoms with Gasteiger partial charge < -0.3 is 19.6 Å². The maximum absolute atomic E-state index is 12.4. The van der Waals surface area contributed by atoms with Crippen LogP contribution in [0.2, 0.25) is 0 Å². The van der Waals surface area contributed by atoms with Gasteiger partial charge in [-0.05, 0) is 23.8 Å². The standard InChI is InChI=1S/C20H14N2O4/c1-24-12-6-4-5-11(9-12)16-14(10-21)19(22)26-18-17(16)13-7-2-3-8-15(13)25-20(18)23/h2-9,16H,22H2,1H3/t16-/m1/s1. The van der Waals surface area contributed by atoms with Crippen molar-refractivity contribution >= 4 is 11.0 Å². The van der Waals surface area contributed by atoms with Crippen molar-refractivity contribution in [1.29, 1.82) is 5.26 Å². The van der Waals surface area contributed by atoms with E-state index in [-0.39, 0.29) is 17.2 Å². The van der Waals surface area contributed by atoms with Gasteiger partial charge >= 0.3 is 5.63 Å². The number of nitrogens with zero attached hydrogens (tertiary/aromatic N) is 1. The van der Waals surface area contributed by atoms with Crippen LogP contribution in [-0.2, 0) is 0 Å². The molecule has 1 aliphatic rings. The molecule has 2 aromatic carbocycles. The minimum Gasteiger partial charge on any atom is -0.497 e. The molecule has 128 valence electrons. The highest BCUT2D eigenvalue weighted by atomic mass is 16.5. The van der Waals surface area contributed by atoms with E-state index in [9.17, 15) is 10.1 Å². The highest BCUT2D eigenvalue weighted by Gasteiger charge is 2.35. The molecule has 0 fully saturated rings. The van der Waals surface area contributed by atoms with Crippen molar-refractivity contribution in [2.45, 2.75) is 5.92 Å². The van der Waals surface area contributed by atoms with Crippen LogP contribution in [0.1, 0.15) is 17.0 Å². The van der Waals surface area contributed by atoms with E-state index >= 15 is 0 Å². The van der Waals surface area contributed by atoms with Crippen LogP contribution in [-0.4, -0.2) is 7.11 Å². The average Bonchev–Trinajstić information content (AvgIpc) is 2.67. The lowest BCUT2D eigenvalue weighted by atomic mass is 9.82. The number of hydrogen-bond donors (Lipinski definition) is 1. The quantitative estimate of drug-likeness (QED) is 0.716. The Hall–Kier alpha value is -3.72. The molecular formula is C20H14N2O4. The number of rotatable bonds is 2. The summed E-state index contributed by atoms with van der Waals surface area (Å²) in [4.78, 5) is 12.4. The van der Waals surface area contributed by atoms with Gasteiger partial charge in [0.05, 0.1) is 13.0 Å². The fourth-order valence-electron chi connectivity index (χ4n) is 3.27. The molecular weight excluding hydrogens is 332 g/mol. The van der Waals surface area contributed by atoms with Gasteiger partial charge in [-0.15, -0.1) is 0 Å². The third-order valence-electron chi connectivity index (χ3n) is 4.41. The third-order valence-corrected chi connectivity index (χ3v) is 4.41. The molecule has 1 aromatic heterocycles. The van der Waals surface area contributed by atoms with Crippen LogP contribution in [0.4, 0.5) is 0 Å². The minimum atomic E-state index is -0.633. The smallest absolute Gasteiger partial charge is 0.380 e. The predicted molar refractivity (Wildman–Crippen MR) is 94.8 cm³/mol. The summed E-state index contributed by atoms with van der Waals surface area (Å²) in [5.41, 5.74) is 7.30. The van der Waals surface area contributed by atoms with E-state index in [2.05, 4.69) is 6.07 Å². The second kappa shape index (κ2) is 5.97. The molecule has 6 nitrogen and oxygen atoms in total. The van der Waals surface area contributed by atoms with Crippen molar-refractivity contribution in [2.75, 3.05) is 7.11 Å². The first-order chi connectivity index (χ1) is 12.6. The fraction of sp³-hybridized carbons (Fsp3) is 0.100. The van der Waals surface area contributed by atoms with E-state index in [1.165, 1.54) is 0 Å². The topological polar surface area (TPSA) is 98.5 Å². The van der Waals surface area contributed by atoms with Gasteiger partial charge in [-0.2, -0.15) is 5.26 Å². The SMILES string of the molecule is COc1cccc([C@@H]2C(C#N)=C(N)Oc3c2c2ccccc2oc3=O)c1. The molecule has 26 heavy (non-hydrogen) atoms. The van der Waals surface area contributed by atoms with Crippen molar-refractivity contribution in [3.05, 3.63) is 81.5 Å². The van der Waals surface area contributed by atoms with Crippen LogP contribution in [0.25, 0.3) is 11.0 Å². The van der Waals surface area contributed by atoms with Crippen molar-refractivity contribution in [1.82, 2.24) is 0 Å². The number of ether oxygens (including phenoxy) is 2. The van der Waals surface area contributed by atoms with Gasteiger partial charge in [0.1, 0.15) is 23.0 Å². The lowest BCUT2D eigenvalue weighted by molar-refractivity contribution is 0.367. The average molecular weight is 346 g/mol. The molecule has 0 radical (unpaired) electrons. The van der Waals surface area contributed by atoms with E-state index in [1.807, 2.05) is 30.3 Å². The summed E-state index contributed by atoms with van der Waals surface area (Å²) in [5.74, 6) is -0.0186. The van der Waals surface area contributed by atoms with Crippen LogP contribution < -0.4 is 20.8 Å². The monoisotopic (exact) mass is 346 g/mol. The summed E-state index contributed by atoms with van der Waals surface area (Å²) in [5, 5.41) is 10.4. The zero-order chi connectivity index (χ0) is 18.3. The minimum absolute atomic E-state index is 0.00743. The lowest BCUT2D eigenvalue weighted by Gasteiger charge is -2.26. The van der Waals surface area contributed by atoms with E-state index in [4.69, 9.17) is 19.6 Å². The Bertz CT molecular complexity index is 1150. The number of para-hydroxylation sites is 1. The Morgan fingerprint density at radius 1 is 1.19 bits per heavy atom.